The van der Waals surface area contributed by atoms with E-state index in [0.29, 0.717) is 19.0 Å². The van der Waals surface area contributed by atoms with E-state index in [1.54, 1.807) is 6.92 Å². The summed E-state index contributed by atoms with van der Waals surface area (Å²) < 4.78 is 0. The van der Waals surface area contributed by atoms with Crippen molar-refractivity contribution in [3.63, 3.8) is 0 Å². The van der Waals surface area contributed by atoms with Crippen LogP contribution < -0.4 is 0 Å². The second-order valence-corrected chi connectivity index (χ2v) is 4.41. The first kappa shape index (κ1) is 14.3. The van der Waals surface area contributed by atoms with Gasteiger partial charge in [-0.25, -0.2) is 4.79 Å². The van der Waals surface area contributed by atoms with Gasteiger partial charge in [0.1, 0.15) is 13.1 Å². The number of aliphatic carboxylic acids is 2. The molecule has 0 atom stereocenters. The first-order chi connectivity index (χ1) is 8.43. The molecule has 7 heteroatoms. The monoisotopic (exact) mass is 258 g/mol. The Balaban J connectivity index is 2.64. The fourth-order valence-electron chi connectivity index (χ4n) is 1.67. The highest BCUT2D eigenvalue weighted by Crippen LogP contribution is 2.29. The van der Waals surface area contributed by atoms with Gasteiger partial charge < -0.3 is 20.0 Å². The van der Waals surface area contributed by atoms with Gasteiger partial charge in [0.05, 0.1) is 0 Å². The Hall–Kier alpha value is -1.79. The summed E-state index contributed by atoms with van der Waals surface area (Å²) in [5, 5.41) is 17.4. The molecule has 7 nitrogen and oxygen atoms in total. The average molecular weight is 258 g/mol. The van der Waals surface area contributed by atoms with Gasteiger partial charge in [0.25, 0.3) is 0 Å². The number of hydrogen-bond donors (Lipinski definition) is 2. The van der Waals surface area contributed by atoms with Crippen molar-refractivity contribution in [2.75, 3.05) is 26.2 Å². The predicted octanol–water partition coefficient (Wildman–Crippen LogP) is 0.310. The average Bonchev–Trinajstić information content (AvgIpc) is 3.06. The van der Waals surface area contributed by atoms with Crippen LogP contribution in [0.2, 0.25) is 0 Å². The Bertz CT molecular complexity index is 324. The Morgan fingerprint density at radius 1 is 1.06 bits per heavy atom. The maximum absolute atomic E-state index is 12.0. The molecule has 2 amide bonds. The number of carbonyl (C=O) groups is 3. The van der Waals surface area contributed by atoms with Crippen molar-refractivity contribution < 1.29 is 24.6 Å². The first-order valence-corrected chi connectivity index (χ1v) is 5.91. The number of rotatable bonds is 7. The molecule has 1 saturated carbocycles. The second-order valence-electron chi connectivity index (χ2n) is 4.41. The summed E-state index contributed by atoms with van der Waals surface area (Å²) in [6, 6.07) is -0.519. The number of nitrogens with zero attached hydrogens (tertiary/aromatic N) is 2. The molecule has 1 aliphatic rings. The third-order valence-electron chi connectivity index (χ3n) is 2.75. The maximum atomic E-state index is 12.0. The SMILES string of the molecule is CCN(CC1CC1)C(=O)N(CC(=O)O)CC(=O)O. The van der Waals surface area contributed by atoms with Crippen molar-refractivity contribution in [1.29, 1.82) is 0 Å². The van der Waals surface area contributed by atoms with Crippen molar-refractivity contribution in [3.05, 3.63) is 0 Å². The number of amides is 2. The lowest BCUT2D eigenvalue weighted by Gasteiger charge is -2.27. The number of carboxylic acids is 2. The third kappa shape index (κ3) is 4.60. The van der Waals surface area contributed by atoms with Crippen LogP contribution >= 0.6 is 0 Å². The standard InChI is InChI=1S/C11H18N2O5/c1-2-12(5-8-3-4-8)11(18)13(6-9(14)15)7-10(16)17/h8H,2-7H2,1H3,(H,14,15)(H,16,17). The molecular formula is C11H18N2O5. The Kier molecular flexibility index (Phi) is 4.94. The van der Waals surface area contributed by atoms with Gasteiger partial charge in [-0.15, -0.1) is 0 Å². The van der Waals surface area contributed by atoms with E-state index in [9.17, 15) is 14.4 Å². The third-order valence-corrected chi connectivity index (χ3v) is 2.75. The van der Waals surface area contributed by atoms with Gasteiger partial charge in [0.15, 0.2) is 0 Å². The van der Waals surface area contributed by atoms with E-state index in [0.717, 1.165) is 17.7 Å². The highest BCUT2D eigenvalue weighted by atomic mass is 16.4. The molecule has 2 N–H and O–H groups in total. The van der Waals surface area contributed by atoms with Gasteiger partial charge in [0.2, 0.25) is 0 Å². The van der Waals surface area contributed by atoms with Crippen LogP contribution in [0.15, 0.2) is 0 Å². The van der Waals surface area contributed by atoms with Crippen LogP contribution in [0.1, 0.15) is 19.8 Å². The second kappa shape index (κ2) is 6.23. The van der Waals surface area contributed by atoms with Crippen LogP contribution in [0.5, 0.6) is 0 Å². The lowest BCUT2D eigenvalue weighted by atomic mass is 10.3. The van der Waals surface area contributed by atoms with Gasteiger partial charge in [0, 0.05) is 13.1 Å². The summed E-state index contributed by atoms with van der Waals surface area (Å²) in [5.74, 6) is -1.95. The van der Waals surface area contributed by atoms with Gasteiger partial charge in [-0.2, -0.15) is 0 Å². The number of hydrogen-bond acceptors (Lipinski definition) is 3. The van der Waals surface area contributed by atoms with E-state index in [4.69, 9.17) is 10.2 Å². The van der Waals surface area contributed by atoms with Crippen molar-refractivity contribution >= 4 is 18.0 Å². The van der Waals surface area contributed by atoms with Crippen molar-refractivity contribution in [1.82, 2.24) is 9.80 Å². The summed E-state index contributed by atoms with van der Waals surface area (Å²) in [7, 11) is 0. The molecule has 18 heavy (non-hydrogen) atoms. The molecule has 0 unspecified atom stereocenters. The summed E-state index contributed by atoms with van der Waals surface area (Å²) in [6.45, 7) is 1.63. The Morgan fingerprint density at radius 3 is 1.89 bits per heavy atom. The molecule has 0 bridgehead atoms. The zero-order valence-corrected chi connectivity index (χ0v) is 10.3. The van der Waals surface area contributed by atoms with E-state index >= 15 is 0 Å². The van der Waals surface area contributed by atoms with Crippen molar-refractivity contribution in [3.8, 4) is 0 Å². The lowest BCUT2D eigenvalue weighted by Crippen LogP contribution is -2.48. The van der Waals surface area contributed by atoms with E-state index < -0.39 is 31.1 Å². The van der Waals surface area contributed by atoms with Crippen LogP contribution in [-0.2, 0) is 9.59 Å². The number of carboxylic acid groups (broad SMARTS) is 2. The minimum absolute atomic E-state index is 0.449. The van der Waals surface area contributed by atoms with Crippen molar-refractivity contribution in [2.24, 2.45) is 5.92 Å². The normalized spacial score (nSPS) is 14.1. The van der Waals surface area contributed by atoms with Gasteiger partial charge in [-0.05, 0) is 25.7 Å². The molecule has 0 saturated heterocycles. The molecule has 1 rings (SSSR count). The molecule has 102 valence electrons. The number of urea groups is 1. The molecule has 0 aromatic carbocycles. The summed E-state index contributed by atoms with van der Waals surface area (Å²) in [6.07, 6.45) is 2.14. The lowest BCUT2D eigenvalue weighted by molar-refractivity contribution is -0.140. The van der Waals surface area contributed by atoms with E-state index in [2.05, 4.69) is 0 Å². The smallest absolute Gasteiger partial charge is 0.323 e. The molecule has 0 radical (unpaired) electrons. The van der Waals surface area contributed by atoms with Crippen LogP contribution in [0.25, 0.3) is 0 Å². The highest BCUT2D eigenvalue weighted by molar-refractivity contribution is 5.84. The Labute approximate surface area is 105 Å². The molecule has 0 aliphatic heterocycles. The predicted molar refractivity (Wildman–Crippen MR) is 62.2 cm³/mol. The molecule has 0 aromatic rings. The van der Waals surface area contributed by atoms with Crippen LogP contribution in [0, 0.1) is 5.92 Å². The Morgan fingerprint density at radius 2 is 1.56 bits per heavy atom. The van der Waals surface area contributed by atoms with E-state index in [1.165, 1.54) is 4.90 Å². The van der Waals surface area contributed by atoms with Crippen LogP contribution in [-0.4, -0.2) is 64.2 Å². The quantitative estimate of drug-likeness (QED) is 0.684. The molecule has 0 aromatic heterocycles. The largest absolute Gasteiger partial charge is 0.480 e. The molecule has 1 fully saturated rings. The maximum Gasteiger partial charge on any atom is 0.323 e. The fraction of sp³-hybridized carbons (Fsp3) is 0.727. The zero-order valence-electron chi connectivity index (χ0n) is 10.3. The van der Waals surface area contributed by atoms with Gasteiger partial charge >= 0.3 is 18.0 Å². The van der Waals surface area contributed by atoms with Gasteiger partial charge in [-0.1, -0.05) is 0 Å². The fourth-order valence-corrected chi connectivity index (χ4v) is 1.67. The molecule has 0 spiro atoms. The highest BCUT2D eigenvalue weighted by Gasteiger charge is 2.29. The van der Waals surface area contributed by atoms with Gasteiger partial charge in [-0.3, -0.25) is 9.59 Å². The topological polar surface area (TPSA) is 98.2 Å². The summed E-state index contributed by atoms with van der Waals surface area (Å²) >= 11 is 0. The summed E-state index contributed by atoms with van der Waals surface area (Å²) in [5.41, 5.74) is 0. The summed E-state index contributed by atoms with van der Waals surface area (Å²) in [4.78, 5) is 35.7. The molecule has 1 aliphatic carbocycles. The first-order valence-electron chi connectivity index (χ1n) is 5.91. The minimum atomic E-state index is -1.22. The van der Waals surface area contributed by atoms with Crippen LogP contribution in [0.3, 0.4) is 0 Å². The van der Waals surface area contributed by atoms with Crippen molar-refractivity contribution in [2.45, 2.75) is 19.8 Å². The van der Waals surface area contributed by atoms with E-state index in [1.807, 2.05) is 0 Å². The van der Waals surface area contributed by atoms with E-state index in [-0.39, 0.29) is 0 Å². The zero-order chi connectivity index (χ0) is 13.7. The molecular weight excluding hydrogens is 240 g/mol. The minimum Gasteiger partial charge on any atom is -0.480 e. The number of carbonyl (C=O) groups excluding carboxylic acids is 1. The molecule has 0 heterocycles. The van der Waals surface area contributed by atoms with Crippen LogP contribution in [0.4, 0.5) is 4.79 Å².